The lowest BCUT2D eigenvalue weighted by atomic mass is 10.0. The van der Waals surface area contributed by atoms with E-state index in [1.165, 1.54) is 19.3 Å². The first-order valence-electron chi connectivity index (χ1n) is 8.08. The maximum Gasteiger partial charge on any atom is 0.268 e. The first-order valence-corrected chi connectivity index (χ1v) is 8.08. The van der Waals surface area contributed by atoms with E-state index in [2.05, 4.69) is 15.2 Å². The molecule has 1 aromatic rings. The number of nitrogens with zero attached hydrogens (tertiary/aromatic N) is 2. The molecule has 2 heterocycles. The predicted molar refractivity (Wildman–Crippen MR) is 89.9 cm³/mol. The predicted octanol–water partition coefficient (Wildman–Crippen LogP) is 0.704. The van der Waals surface area contributed by atoms with Crippen molar-refractivity contribution in [1.29, 1.82) is 0 Å². The maximum atomic E-state index is 11.3. The zero-order chi connectivity index (χ0) is 17.2. The summed E-state index contributed by atoms with van der Waals surface area (Å²) in [5.74, 6) is -3.08. The van der Waals surface area contributed by atoms with Gasteiger partial charge in [-0.1, -0.05) is 30.7 Å². The van der Waals surface area contributed by atoms with Gasteiger partial charge in [0.1, 0.15) is 5.70 Å². The van der Waals surface area contributed by atoms with E-state index in [9.17, 15) is 15.0 Å². The molecule has 128 valence electrons. The first-order chi connectivity index (χ1) is 11.5. The molecule has 24 heavy (non-hydrogen) atoms. The molecular formula is C17H22N4O3. The van der Waals surface area contributed by atoms with Crippen LogP contribution in [0.5, 0.6) is 0 Å². The molecular weight excluding hydrogens is 308 g/mol. The Morgan fingerprint density at radius 3 is 2.54 bits per heavy atom. The third-order valence-electron chi connectivity index (χ3n) is 4.39. The van der Waals surface area contributed by atoms with Crippen molar-refractivity contribution >= 4 is 12.1 Å². The molecule has 2 aliphatic heterocycles. The number of likely N-dealkylation sites (tertiary alicyclic amines) is 1. The summed E-state index contributed by atoms with van der Waals surface area (Å²) in [5, 5.41) is 22.7. The van der Waals surface area contributed by atoms with Gasteiger partial charge < -0.3 is 21.3 Å². The van der Waals surface area contributed by atoms with Crippen molar-refractivity contribution in [3.63, 3.8) is 0 Å². The molecule has 0 saturated carbocycles. The molecule has 5 N–H and O–H groups in total. The molecule has 1 unspecified atom stereocenters. The number of amides is 1. The number of aliphatic hydroxyl groups excluding tert-OH is 1. The molecule has 0 bridgehead atoms. The number of carbonyl (C=O) groups excluding carboxylic acids is 1. The standard InChI is InChI=1S/C17H22N4O3/c18-16(23)15-14(22)10-19-17(24,20-15)13-6-4-12(5-7-13)11-21-8-2-1-3-9-21/h4-7,10,20,22,24H,1-3,8-9,11H2,(H2,18,23). The Hall–Kier alpha value is -2.38. The van der Waals surface area contributed by atoms with Crippen LogP contribution >= 0.6 is 0 Å². The van der Waals surface area contributed by atoms with Crippen LogP contribution < -0.4 is 11.1 Å². The molecule has 2 aliphatic rings. The smallest absolute Gasteiger partial charge is 0.268 e. The lowest BCUT2D eigenvalue weighted by Gasteiger charge is -2.30. The van der Waals surface area contributed by atoms with Gasteiger partial charge in [-0.05, 0) is 31.5 Å². The molecule has 1 saturated heterocycles. The third kappa shape index (κ3) is 3.42. The van der Waals surface area contributed by atoms with Crippen molar-refractivity contribution in [2.45, 2.75) is 31.7 Å². The van der Waals surface area contributed by atoms with Gasteiger partial charge in [0, 0.05) is 12.1 Å². The molecule has 1 amide bonds. The van der Waals surface area contributed by atoms with Crippen molar-refractivity contribution in [3.8, 4) is 0 Å². The normalized spacial score (nSPS) is 24.7. The molecule has 0 spiro atoms. The van der Waals surface area contributed by atoms with Crippen molar-refractivity contribution in [2.24, 2.45) is 10.7 Å². The van der Waals surface area contributed by atoms with Gasteiger partial charge in [-0.25, -0.2) is 4.99 Å². The second-order valence-corrected chi connectivity index (χ2v) is 6.21. The van der Waals surface area contributed by atoms with Gasteiger partial charge in [0.2, 0.25) is 0 Å². The van der Waals surface area contributed by atoms with E-state index in [1.54, 1.807) is 12.1 Å². The van der Waals surface area contributed by atoms with Crippen LogP contribution in [0, 0.1) is 0 Å². The van der Waals surface area contributed by atoms with Gasteiger partial charge in [-0.15, -0.1) is 0 Å². The van der Waals surface area contributed by atoms with Crippen LogP contribution in [0.15, 0.2) is 40.7 Å². The average Bonchev–Trinajstić information content (AvgIpc) is 2.58. The van der Waals surface area contributed by atoms with E-state index >= 15 is 0 Å². The quantitative estimate of drug-likeness (QED) is 0.649. The first kappa shape index (κ1) is 16.5. The topological polar surface area (TPSA) is 111 Å². The minimum atomic E-state index is -1.82. The zero-order valence-corrected chi connectivity index (χ0v) is 13.4. The van der Waals surface area contributed by atoms with Crippen molar-refractivity contribution < 1.29 is 15.0 Å². The van der Waals surface area contributed by atoms with Crippen LogP contribution in [0.25, 0.3) is 0 Å². The Balaban J connectivity index is 1.73. The van der Waals surface area contributed by atoms with Gasteiger partial charge in [0.15, 0.2) is 5.76 Å². The molecule has 0 aromatic heterocycles. The lowest BCUT2D eigenvalue weighted by Crippen LogP contribution is -2.46. The minimum absolute atomic E-state index is 0.259. The SMILES string of the molecule is NC(=O)C1=C(O)C=NC(O)(c2ccc(CN3CCCCC3)cc2)N1. The van der Waals surface area contributed by atoms with E-state index in [0.717, 1.165) is 31.4 Å². The van der Waals surface area contributed by atoms with Crippen LogP contribution in [0.4, 0.5) is 0 Å². The summed E-state index contributed by atoms with van der Waals surface area (Å²) in [6, 6.07) is 7.37. The lowest BCUT2D eigenvalue weighted by molar-refractivity contribution is -0.116. The largest absolute Gasteiger partial charge is 0.504 e. The Morgan fingerprint density at radius 2 is 1.92 bits per heavy atom. The number of aliphatic imine (C=N–C) groups is 1. The molecule has 3 rings (SSSR count). The van der Waals surface area contributed by atoms with E-state index in [0.29, 0.717) is 5.56 Å². The number of rotatable bonds is 4. The fraction of sp³-hybridized carbons (Fsp3) is 0.412. The maximum absolute atomic E-state index is 11.3. The molecule has 7 nitrogen and oxygen atoms in total. The number of allylic oxidation sites excluding steroid dienone is 1. The fourth-order valence-corrected chi connectivity index (χ4v) is 3.04. The minimum Gasteiger partial charge on any atom is -0.504 e. The summed E-state index contributed by atoms with van der Waals surface area (Å²) in [7, 11) is 0. The van der Waals surface area contributed by atoms with Gasteiger partial charge in [0.05, 0.1) is 6.21 Å². The molecule has 0 aliphatic carbocycles. The monoisotopic (exact) mass is 330 g/mol. The highest BCUT2D eigenvalue weighted by molar-refractivity contribution is 5.98. The van der Waals surface area contributed by atoms with Crippen LogP contribution in [-0.4, -0.2) is 40.3 Å². The van der Waals surface area contributed by atoms with E-state index in [1.807, 2.05) is 12.1 Å². The number of carbonyl (C=O) groups is 1. The molecule has 1 aromatic carbocycles. The van der Waals surface area contributed by atoms with Gasteiger partial charge in [-0.3, -0.25) is 9.69 Å². The third-order valence-corrected chi connectivity index (χ3v) is 4.39. The van der Waals surface area contributed by atoms with Crippen molar-refractivity contribution in [3.05, 3.63) is 46.8 Å². The number of hydrogen-bond donors (Lipinski definition) is 4. The Bertz CT molecular complexity index is 678. The summed E-state index contributed by atoms with van der Waals surface area (Å²) < 4.78 is 0. The summed E-state index contributed by atoms with van der Waals surface area (Å²) in [6.07, 6.45) is 4.80. The number of nitrogens with one attached hydrogen (secondary N) is 1. The Labute approximate surface area is 140 Å². The van der Waals surface area contributed by atoms with Crippen LogP contribution in [0.2, 0.25) is 0 Å². The number of benzene rings is 1. The highest BCUT2D eigenvalue weighted by Crippen LogP contribution is 2.25. The highest BCUT2D eigenvalue weighted by atomic mass is 16.3. The van der Waals surface area contributed by atoms with Crippen molar-refractivity contribution in [2.75, 3.05) is 13.1 Å². The van der Waals surface area contributed by atoms with E-state index < -0.39 is 17.5 Å². The van der Waals surface area contributed by atoms with E-state index in [-0.39, 0.29) is 5.70 Å². The molecule has 1 fully saturated rings. The number of hydrogen-bond acceptors (Lipinski definition) is 6. The zero-order valence-electron chi connectivity index (χ0n) is 13.4. The Morgan fingerprint density at radius 1 is 1.25 bits per heavy atom. The number of aliphatic hydroxyl groups is 2. The van der Waals surface area contributed by atoms with Crippen LogP contribution in [-0.2, 0) is 17.2 Å². The Kier molecular flexibility index (Phi) is 4.55. The summed E-state index contributed by atoms with van der Waals surface area (Å²) in [5.41, 5.74) is 6.54. The molecule has 0 radical (unpaired) electrons. The number of piperidine rings is 1. The summed E-state index contributed by atoms with van der Waals surface area (Å²) in [6.45, 7) is 3.11. The number of primary amides is 1. The van der Waals surface area contributed by atoms with Crippen molar-refractivity contribution in [1.82, 2.24) is 10.2 Å². The summed E-state index contributed by atoms with van der Waals surface area (Å²) in [4.78, 5) is 17.6. The fourth-order valence-electron chi connectivity index (χ4n) is 3.04. The molecule has 1 atom stereocenters. The summed E-state index contributed by atoms with van der Waals surface area (Å²) >= 11 is 0. The van der Waals surface area contributed by atoms with Crippen LogP contribution in [0.3, 0.4) is 0 Å². The highest BCUT2D eigenvalue weighted by Gasteiger charge is 2.34. The van der Waals surface area contributed by atoms with E-state index in [4.69, 9.17) is 5.73 Å². The number of nitrogens with two attached hydrogens (primary N) is 1. The van der Waals surface area contributed by atoms with Gasteiger partial charge in [-0.2, -0.15) is 0 Å². The average molecular weight is 330 g/mol. The van der Waals surface area contributed by atoms with Gasteiger partial charge in [0.25, 0.3) is 11.8 Å². The van der Waals surface area contributed by atoms with Crippen LogP contribution in [0.1, 0.15) is 30.4 Å². The van der Waals surface area contributed by atoms with Gasteiger partial charge >= 0.3 is 0 Å². The molecule has 7 heteroatoms. The second-order valence-electron chi connectivity index (χ2n) is 6.21. The second kappa shape index (κ2) is 6.62.